The van der Waals surface area contributed by atoms with Crippen molar-refractivity contribution in [1.29, 1.82) is 5.26 Å². The second-order valence-corrected chi connectivity index (χ2v) is 3.76. The van der Waals surface area contributed by atoms with Crippen LogP contribution < -0.4 is 11.1 Å². The van der Waals surface area contributed by atoms with Crippen molar-refractivity contribution in [2.24, 2.45) is 0 Å². The van der Waals surface area contributed by atoms with Gasteiger partial charge in [0.1, 0.15) is 0 Å². The lowest BCUT2D eigenvalue weighted by molar-refractivity contribution is 0.449. The maximum atomic E-state index is 13.5. The van der Waals surface area contributed by atoms with E-state index < -0.39 is 17.5 Å². The molecule has 3 N–H and O–H groups in total. The fourth-order valence-electron chi connectivity index (χ4n) is 1.51. The predicted octanol–water partition coefficient (Wildman–Crippen LogP) is 3.30. The zero-order valence-corrected chi connectivity index (χ0v) is 9.55. The first-order chi connectivity index (χ1) is 9.02. The Bertz CT molecular complexity index is 678. The lowest BCUT2D eigenvalue weighted by atomic mass is 10.2. The van der Waals surface area contributed by atoms with Crippen molar-refractivity contribution < 1.29 is 13.2 Å². The van der Waals surface area contributed by atoms with Crippen LogP contribution >= 0.6 is 0 Å². The summed E-state index contributed by atoms with van der Waals surface area (Å²) in [6, 6.07) is 8.07. The highest BCUT2D eigenvalue weighted by molar-refractivity contribution is 5.74. The van der Waals surface area contributed by atoms with Gasteiger partial charge in [-0.3, -0.25) is 0 Å². The van der Waals surface area contributed by atoms with Gasteiger partial charge in [-0.05, 0) is 30.3 Å². The van der Waals surface area contributed by atoms with E-state index in [1.807, 2.05) is 6.07 Å². The van der Waals surface area contributed by atoms with Crippen LogP contribution in [0.3, 0.4) is 0 Å². The molecule has 96 valence electrons. The molecule has 2 aromatic carbocycles. The fourth-order valence-corrected chi connectivity index (χ4v) is 1.51. The van der Waals surface area contributed by atoms with Crippen molar-refractivity contribution in [2.45, 2.75) is 0 Å². The summed E-state index contributed by atoms with van der Waals surface area (Å²) in [7, 11) is 0. The van der Waals surface area contributed by atoms with Crippen LogP contribution in [0.15, 0.2) is 30.3 Å². The molecule has 0 spiro atoms. The van der Waals surface area contributed by atoms with Crippen LogP contribution in [0.4, 0.5) is 30.2 Å². The van der Waals surface area contributed by atoms with Gasteiger partial charge >= 0.3 is 0 Å². The second kappa shape index (κ2) is 4.90. The first kappa shape index (κ1) is 12.8. The first-order valence-corrected chi connectivity index (χ1v) is 5.23. The Morgan fingerprint density at radius 2 is 1.68 bits per heavy atom. The molecule has 0 amide bonds. The molecule has 0 aliphatic rings. The van der Waals surface area contributed by atoms with Crippen molar-refractivity contribution >= 4 is 17.1 Å². The third kappa shape index (κ3) is 2.45. The van der Waals surface area contributed by atoms with E-state index in [1.165, 1.54) is 18.2 Å². The Hall–Kier alpha value is -2.68. The predicted molar refractivity (Wildman–Crippen MR) is 65.2 cm³/mol. The summed E-state index contributed by atoms with van der Waals surface area (Å²) < 4.78 is 39.3. The zero-order valence-electron chi connectivity index (χ0n) is 9.55. The minimum absolute atomic E-state index is 0.197. The van der Waals surface area contributed by atoms with Gasteiger partial charge in [0.05, 0.1) is 28.7 Å². The highest BCUT2D eigenvalue weighted by Crippen LogP contribution is 2.27. The molecular weight excluding hydrogens is 255 g/mol. The van der Waals surface area contributed by atoms with E-state index >= 15 is 0 Å². The van der Waals surface area contributed by atoms with E-state index in [2.05, 4.69) is 5.32 Å². The quantitative estimate of drug-likeness (QED) is 0.645. The van der Waals surface area contributed by atoms with Crippen LogP contribution in [-0.4, -0.2) is 0 Å². The Labute approximate surface area is 107 Å². The lowest BCUT2D eigenvalue weighted by Crippen LogP contribution is -2.01. The summed E-state index contributed by atoms with van der Waals surface area (Å²) in [6.07, 6.45) is 0. The van der Waals surface area contributed by atoms with Crippen LogP contribution in [0.5, 0.6) is 0 Å². The highest BCUT2D eigenvalue weighted by atomic mass is 19.2. The average Bonchev–Trinajstić information content (AvgIpc) is 2.41. The summed E-state index contributed by atoms with van der Waals surface area (Å²) in [6.45, 7) is 0. The standard InChI is InChI=1S/C13H8F3N3/c14-8-2-4-11(13(16)12(8)15)19-10-3-1-7(6-17)5-9(10)18/h1-5,19H,18H2. The van der Waals surface area contributed by atoms with Gasteiger partial charge in [0, 0.05) is 0 Å². The SMILES string of the molecule is N#Cc1ccc(Nc2ccc(F)c(F)c2F)c(N)c1. The molecule has 0 fully saturated rings. The van der Waals surface area contributed by atoms with Gasteiger partial charge in [0.2, 0.25) is 0 Å². The van der Waals surface area contributed by atoms with Gasteiger partial charge in [-0.1, -0.05) is 0 Å². The van der Waals surface area contributed by atoms with Crippen LogP contribution in [0, 0.1) is 28.8 Å². The van der Waals surface area contributed by atoms with E-state index in [0.717, 1.165) is 12.1 Å². The zero-order chi connectivity index (χ0) is 14.0. The largest absolute Gasteiger partial charge is 0.397 e. The molecule has 0 saturated carbocycles. The van der Waals surface area contributed by atoms with E-state index in [-0.39, 0.29) is 11.4 Å². The Balaban J connectivity index is 2.37. The summed E-state index contributed by atoms with van der Waals surface area (Å²) >= 11 is 0. The third-order valence-corrected chi connectivity index (χ3v) is 2.49. The molecule has 0 atom stereocenters. The summed E-state index contributed by atoms with van der Waals surface area (Å²) in [4.78, 5) is 0. The molecule has 19 heavy (non-hydrogen) atoms. The van der Waals surface area contributed by atoms with Gasteiger partial charge in [0.25, 0.3) is 0 Å². The molecule has 3 nitrogen and oxygen atoms in total. The molecule has 0 aliphatic heterocycles. The molecular formula is C13H8F3N3. The fraction of sp³-hybridized carbons (Fsp3) is 0. The second-order valence-electron chi connectivity index (χ2n) is 3.76. The van der Waals surface area contributed by atoms with Gasteiger partial charge in [-0.25, -0.2) is 13.2 Å². The van der Waals surface area contributed by atoms with E-state index in [1.54, 1.807) is 0 Å². The molecule has 0 saturated heterocycles. The number of anilines is 3. The number of nitriles is 1. The molecule has 0 unspecified atom stereocenters. The maximum Gasteiger partial charge on any atom is 0.196 e. The minimum Gasteiger partial charge on any atom is -0.397 e. The highest BCUT2D eigenvalue weighted by Gasteiger charge is 2.14. The number of halogens is 3. The Morgan fingerprint density at radius 3 is 2.32 bits per heavy atom. The van der Waals surface area contributed by atoms with Gasteiger partial charge < -0.3 is 11.1 Å². The molecule has 2 rings (SSSR count). The number of nitrogens with two attached hydrogens (primary N) is 1. The number of hydrogen-bond acceptors (Lipinski definition) is 3. The molecule has 6 heteroatoms. The van der Waals surface area contributed by atoms with E-state index in [9.17, 15) is 13.2 Å². The molecule has 0 radical (unpaired) electrons. The van der Waals surface area contributed by atoms with E-state index in [0.29, 0.717) is 11.3 Å². The van der Waals surface area contributed by atoms with Gasteiger partial charge in [0.15, 0.2) is 17.5 Å². The van der Waals surface area contributed by atoms with Crippen molar-refractivity contribution in [3.63, 3.8) is 0 Å². The third-order valence-electron chi connectivity index (χ3n) is 2.49. The van der Waals surface area contributed by atoms with Crippen molar-refractivity contribution in [3.05, 3.63) is 53.3 Å². The van der Waals surface area contributed by atoms with Crippen LogP contribution in [-0.2, 0) is 0 Å². The monoisotopic (exact) mass is 263 g/mol. The van der Waals surface area contributed by atoms with Crippen LogP contribution in [0.1, 0.15) is 5.56 Å². The molecule has 0 aliphatic carbocycles. The smallest absolute Gasteiger partial charge is 0.196 e. The van der Waals surface area contributed by atoms with Crippen LogP contribution in [0.25, 0.3) is 0 Å². The summed E-state index contributed by atoms with van der Waals surface area (Å²) in [5.74, 6) is -4.16. The molecule has 2 aromatic rings. The Morgan fingerprint density at radius 1 is 1.00 bits per heavy atom. The molecule has 0 heterocycles. The number of nitrogens with one attached hydrogen (secondary N) is 1. The number of rotatable bonds is 2. The molecule has 0 aromatic heterocycles. The lowest BCUT2D eigenvalue weighted by Gasteiger charge is -2.10. The number of benzene rings is 2. The van der Waals surface area contributed by atoms with Crippen LogP contribution in [0.2, 0.25) is 0 Å². The summed E-state index contributed by atoms with van der Waals surface area (Å²) in [5.41, 5.74) is 6.25. The van der Waals surface area contributed by atoms with Crippen molar-refractivity contribution in [1.82, 2.24) is 0 Å². The molecule has 0 bridgehead atoms. The topological polar surface area (TPSA) is 61.8 Å². The average molecular weight is 263 g/mol. The van der Waals surface area contributed by atoms with Gasteiger partial charge in [-0.15, -0.1) is 0 Å². The Kier molecular flexibility index (Phi) is 3.29. The maximum absolute atomic E-state index is 13.5. The van der Waals surface area contributed by atoms with Gasteiger partial charge in [-0.2, -0.15) is 5.26 Å². The van der Waals surface area contributed by atoms with Crippen molar-refractivity contribution in [2.75, 3.05) is 11.1 Å². The summed E-state index contributed by atoms with van der Waals surface area (Å²) in [5, 5.41) is 11.2. The number of nitrogen functional groups attached to an aromatic ring is 1. The number of hydrogen-bond donors (Lipinski definition) is 2. The van der Waals surface area contributed by atoms with Crippen molar-refractivity contribution in [3.8, 4) is 6.07 Å². The van der Waals surface area contributed by atoms with E-state index in [4.69, 9.17) is 11.0 Å². The normalized spacial score (nSPS) is 10.0. The number of nitrogens with zero attached hydrogens (tertiary/aromatic N) is 1. The first-order valence-electron chi connectivity index (χ1n) is 5.23. The minimum atomic E-state index is -1.56.